The fraction of sp³-hybridized carbons (Fsp3) is 0. The second-order valence-electron chi connectivity index (χ2n) is 2.72. The van der Waals surface area contributed by atoms with Crippen molar-refractivity contribution < 1.29 is 0 Å². The Morgan fingerprint density at radius 1 is 1.08 bits per heavy atom. The normalized spacial score (nSPS) is 11.1. The van der Waals surface area contributed by atoms with E-state index < -0.39 is 0 Å². The van der Waals surface area contributed by atoms with Crippen LogP contribution in [0, 0.1) is 0 Å². The number of fused-ring (bicyclic) bond motifs is 2. The lowest BCUT2D eigenvalue weighted by molar-refractivity contribution is 1.12. The molecule has 0 unspecified atom stereocenters. The van der Waals surface area contributed by atoms with Crippen LogP contribution in [0.15, 0.2) is 24.8 Å². The zero-order valence-corrected chi connectivity index (χ0v) is 6.60. The van der Waals surface area contributed by atoms with Crippen LogP contribution in [-0.4, -0.2) is 25.1 Å². The van der Waals surface area contributed by atoms with Gasteiger partial charge in [-0.2, -0.15) is 5.10 Å². The molecule has 0 saturated carbocycles. The highest BCUT2D eigenvalue weighted by molar-refractivity contribution is 5.87. The minimum atomic E-state index is 0.788. The topological polar surface area (TPSA) is 67.3 Å². The van der Waals surface area contributed by atoms with Gasteiger partial charge in [0, 0.05) is 0 Å². The van der Waals surface area contributed by atoms with Crippen LogP contribution in [0.25, 0.3) is 22.1 Å². The van der Waals surface area contributed by atoms with Gasteiger partial charge < -0.3 is 0 Å². The van der Waals surface area contributed by atoms with E-state index in [1.165, 1.54) is 6.33 Å². The molecule has 13 heavy (non-hydrogen) atoms. The summed E-state index contributed by atoms with van der Waals surface area (Å²) in [6.07, 6.45) is 4.88. The molecular formula is C8H5N5. The molecule has 3 rings (SSSR count). The van der Waals surface area contributed by atoms with Gasteiger partial charge in [0.2, 0.25) is 0 Å². The van der Waals surface area contributed by atoms with E-state index in [0.717, 1.165) is 22.1 Å². The summed E-state index contributed by atoms with van der Waals surface area (Å²) in [4.78, 5) is 12.3. The number of hydrogen-bond donors (Lipinski definition) is 1. The van der Waals surface area contributed by atoms with Crippen LogP contribution < -0.4 is 0 Å². The van der Waals surface area contributed by atoms with Crippen molar-refractivity contribution in [2.45, 2.75) is 0 Å². The van der Waals surface area contributed by atoms with Gasteiger partial charge in [0.15, 0.2) is 0 Å². The molecule has 0 radical (unpaired) electrons. The van der Waals surface area contributed by atoms with Crippen molar-refractivity contribution in [1.82, 2.24) is 25.1 Å². The summed E-state index contributed by atoms with van der Waals surface area (Å²) < 4.78 is 0. The third-order valence-corrected chi connectivity index (χ3v) is 1.89. The molecule has 3 aromatic rings. The van der Waals surface area contributed by atoms with E-state index in [0.29, 0.717) is 0 Å². The second kappa shape index (κ2) is 2.22. The van der Waals surface area contributed by atoms with Crippen LogP contribution in [0.3, 0.4) is 0 Å². The van der Waals surface area contributed by atoms with Gasteiger partial charge in [-0.3, -0.25) is 5.10 Å². The first-order valence-corrected chi connectivity index (χ1v) is 3.83. The van der Waals surface area contributed by atoms with Gasteiger partial charge in [-0.1, -0.05) is 0 Å². The largest absolute Gasteiger partial charge is 0.276 e. The molecule has 3 aromatic heterocycles. The Morgan fingerprint density at radius 3 is 3.08 bits per heavy atom. The predicted molar refractivity (Wildman–Crippen MR) is 47.0 cm³/mol. The quantitative estimate of drug-likeness (QED) is 0.545. The Labute approximate surface area is 72.9 Å². The molecule has 0 aromatic carbocycles. The minimum Gasteiger partial charge on any atom is -0.276 e. The van der Waals surface area contributed by atoms with Crippen molar-refractivity contribution in [2.75, 3.05) is 0 Å². The summed E-state index contributed by atoms with van der Waals surface area (Å²) in [6.45, 7) is 0. The molecule has 0 spiro atoms. The lowest BCUT2D eigenvalue weighted by atomic mass is 10.3. The van der Waals surface area contributed by atoms with E-state index in [9.17, 15) is 0 Å². The summed E-state index contributed by atoms with van der Waals surface area (Å²) in [5, 5.41) is 6.73. The number of pyridine rings is 1. The molecule has 62 valence electrons. The molecule has 0 aliphatic heterocycles. The van der Waals surface area contributed by atoms with Crippen LogP contribution in [0.4, 0.5) is 0 Å². The minimum absolute atomic E-state index is 0.788. The monoisotopic (exact) mass is 171 g/mol. The Kier molecular flexibility index (Phi) is 1.11. The van der Waals surface area contributed by atoms with E-state index in [1.54, 1.807) is 12.4 Å². The first-order chi connectivity index (χ1) is 6.43. The number of nitrogens with zero attached hydrogens (tertiary/aromatic N) is 4. The summed E-state index contributed by atoms with van der Waals surface area (Å²) in [6, 6.07) is 1.91. The van der Waals surface area contributed by atoms with Crippen molar-refractivity contribution in [3.63, 3.8) is 0 Å². The third-order valence-electron chi connectivity index (χ3n) is 1.89. The summed E-state index contributed by atoms with van der Waals surface area (Å²) in [7, 11) is 0. The highest BCUT2D eigenvalue weighted by atomic mass is 15.1. The SMILES string of the molecule is c1ncc2nc3cn[nH]c3cc2n1. The molecule has 0 atom stereocenters. The van der Waals surface area contributed by atoms with Crippen molar-refractivity contribution in [2.24, 2.45) is 0 Å². The van der Waals surface area contributed by atoms with Gasteiger partial charge in [-0.25, -0.2) is 15.0 Å². The number of nitrogens with one attached hydrogen (secondary N) is 1. The fourth-order valence-electron chi connectivity index (χ4n) is 1.28. The molecule has 5 nitrogen and oxygen atoms in total. The van der Waals surface area contributed by atoms with Crippen molar-refractivity contribution in [3.05, 3.63) is 24.8 Å². The molecular weight excluding hydrogens is 166 g/mol. The average molecular weight is 171 g/mol. The number of aromatic amines is 1. The van der Waals surface area contributed by atoms with Crippen LogP contribution in [0.2, 0.25) is 0 Å². The van der Waals surface area contributed by atoms with Gasteiger partial charge in [-0.05, 0) is 6.07 Å². The van der Waals surface area contributed by atoms with Gasteiger partial charge in [0.25, 0.3) is 0 Å². The number of H-pyrrole nitrogens is 1. The number of rotatable bonds is 0. The first-order valence-electron chi connectivity index (χ1n) is 3.83. The Hall–Kier alpha value is -2.04. The highest BCUT2D eigenvalue weighted by Gasteiger charge is 2.00. The van der Waals surface area contributed by atoms with Gasteiger partial charge in [-0.15, -0.1) is 0 Å². The number of aromatic nitrogens is 5. The third kappa shape index (κ3) is 0.868. The maximum absolute atomic E-state index is 4.32. The van der Waals surface area contributed by atoms with E-state index in [-0.39, 0.29) is 0 Å². The van der Waals surface area contributed by atoms with E-state index >= 15 is 0 Å². The van der Waals surface area contributed by atoms with Gasteiger partial charge in [0.1, 0.15) is 17.4 Å². The smallest absolute Gasteiger partial charge is 0.116 e. The number of hydrogen-bond acceptors (Lipinski definition) is 4. The molecule has 3 heterocycles. The van der Waals surface area contributed by atoms with Crippen molar-refractivity contribution in [3.8, 4) is 0 Å². The first kappa shape index (κ1) is 6.47. The highest BCUT2D eigenvalue weighted by Crippen LogP contribution is 2.13. The van der Waals surface area contributed by atoms with Crippen molar-refractivity contribution in [1.29, 1.82) is 0 Å². The summed E-state index contributed by atoms with van der Waals surface area (Å²) in [5.41, 5.74) is 3.34. The molecule has 0 fully saturated rings. The van der Waals surface area contributed by atoms with E-state index in [4.69, 9.17) is 0 Å². The lowest BCUT2D eigenvalue weighted by Crippen LogP contribution is -1.84. The lowest BCUT2D eigenvalue weighted by Gasteiger charge is -1.93. The predicted octanol–water partition coefficient (Wildman–Crippen LogP) is 0.901. The van der Waals surface area contributed by atoms with Crippen LogP contribution in [0.1, 0.15) is 0 Å². The van der Waals surface area contributed by atoms with Crippen LogP contribution >= 0.6 is 0 Å². The fourth-order valence-corrected chi connectivity index (χ4v) is 1.28. The molecule has 1 N–H and O–H groups in total. The van der Waals surface area contributed by atoms with Crippen molar-refractivity contribution >= 4 is 22.1 Å². The standard InChI is InChI=1S/C8H5N5/c1-5-7(2-9-4-10-5)12-8-3-11-13-6(1)8/h1-4H,(H,11,13). The zero-order valence-electron chi connectivity index (χ0n) is 6.60. The Morgan fingerprint density at radius 2 is 2.08 bits per heavy atom. The molecule has 0 saturated heterocycles. The van der Waals surface area contributed by atoms with Gasteiger partial charge in [0.05, 0.1) is 23.4 Å². The molecule has 0 bridgehead atoms. The van der Waals surface area contributed by atoms with E-state index in [2.05, 4.69) is 25.1 Å². The Balaban J connectivity index is 2.57. The average Bonchev–Trinajstić information content (AvgIpc) is 2.61. The van der Waals surface area contributed by atoms with Crippen LogP contribution in [-0.2, 0) is 0 Å². The maximum Gasteiger partial charge on any atom is 0.116 e. The zero-order chi connectivity index (χ0) is 8.67. The molecule has 0 aliphatic rings. The van der Waals surface area contributed by atoms with Crippen LogP contribution in [0.5, 0.6) is 0 Å². The van der Waals surface area contributed by atoms with Gasteiger partial charge >= 0.3 is 0 Å². The van der Waals surface area contributed by atoms with E-state index in [1.807, 2.05) is 6.07 Å². The molecule has 5 heteroatoms. The molecule has 0 aliphatic carbocycles. The summed E-state index contributed by atoms with van der Waals surface area (Å²) >= 11 is 0. The molecule has 0 amide bonds. The maximum atomic E-state index is 4.32. The second-order valence-corrected chi connectivity index (χ2v) is 2.72. The Bertz CT molecular complexity index is 521. The summed E-state index contributed by atoms with van der Waals surface area (Å²) in [5.74, 6) is 0.